The maximum atomic E-state index is 5.68. The van der Waals surface area contributed by atoms with Crippen LogP contribution in [0, 0.1) is 13.8 Å². The third-order valence-electron chi connectivity index (χ3n) is 11.1. The van der Waals surface area contributed by atoms with Gasteiger partial charge in [-0.05, 0) is 110 Å². The van der Waals surface area contributed by atoms with Crippen LogP contribution >= 0.6 is 0 Å². The molecule has 0 atom stereocenters. The summed E-state index contributed by atoms with van der Waals surface area (Å²) in [6.45, 7) is 4.32. The minimum Gasteiger partial charge on any atom is -0.497 e. The largest absolute Gasteiger partial charge is 0.497 e. The summed E-state index contributed by atoms with van der Waals surface area (Å²) in [7, 11) is 3.41. The Morgan fingerprint density at radius 3 is 1.21 bits per heavy atom. The Kier molecular flexibility index (Phi) is 7.92. The van der Waals surface area contributed by atoms with E-state index >= 15 is 0 Å². The molecule has 0 spiro atoms. The van der Waals surface area contributed by atoms with Crippen molar-refractivity contribution in [1.82, 2.24) is 19.1 Å². The number of para-hydroxylation sites is 2. The van der Waals surface area contributed by atoms with Gasteiger partial charge in [-0.1, -0.05) is 59.7 Å². The number of nitrogens with zero attached hydrogens (tertiary/aromatic N) is 4. The van der Waals surface area contributed by atoms with Crippen LogP contribution in [-0.4, -0.2) is 33.3 Å². The van der Waals surface area contributed by atoms with E-state index in [1.807, 2.05) is 36.9 Å². The topological polar surface area (TPSA) is 54.1 Å². The lowest BCUT2D eigenvalue weighted by Crippen LogP contribution is -2.00. The standard InChI is InChI=1S/C50H38N4O2/c1-31-13-17-47-39(25-31)40-26-32(2)14-18-48(40)53(47)45-11-7-5-9-37(45)35-21-23-51-29-43(35)44-30-52-24-22-36(44)38-10-6-8-12-46(38)54-49-19-15-33(55-3)27-41(49)42-28-34(56-4)16-20-50(42)54/h5-30H,1-4H3. The SMILES string of the molecule is COc1ccc2c(c1)c1cc(OC)ccc1n2-c1ccccc1-c1ccncc1-c1cnccc1-c1ccccc1-n1c2ccc(C)cc2c2cc(C)ccc21. The highest BCUT2D eigenvalue weighted by Gasteiger charge is 2.22. The zero-order valence-corrected chi connectivity index (χ0v) is 31.6. The van der Waals surface area contributed by atoms with E-state index in [1.54, 1.807) is 14.2 Å². The van der Waals surface area contributed by atoms with Gasteiger partial charge in [0.25, 0.3) is 0 Å². The van der Waals surface area contributed by atoms with Crippen LogP contribution in [0.5, 0.6) is 11.5 Å². The number of pyridine rings is 2. The molecule has 0 unspecified atom stereocenters. The molecule has 0 saturated heterocycles. The molecule has 270 valence electrons. The minimum absolute atomic E-state index is 0.805. The van der Waals surface area contributed by atoms with Gasteiger partial charge in [0, 0.05) is 68.6 Å². The van der Waals surface area contributed by atoms with Crippen molar-refractivity contribution in [3.63, 3.8) is 0 Å². The first kappa shape index (κ1) is 33.4. The number of methoxy groups -OCH3 is 2. The van der Waals surface area contributed by atoms with E-state index in [0.29, 0.717) is 0 Å². The Labute approximate surface area is 324 Å². The molecule has 0 aliphatic heterocycles. The first-order valence-electron chi connectivity index (χ1n) is 18.8. The molecule has 0 saturated carbocycles. The Hall–Kier alpha value is -7.18. The number of aromatic nitrogens is 4. The maximum absolute atomic E-state index is 5.68. The number of hydrogen-bond donors (Lipinski definition) is 0. The van der Waals surface area contributed by atoms with Gasteiger partial charge in [-0.25, -0.2) is 0 Å². The molecule has 0 radical (unpaired) electrons. The molecular weight excluding hydrogens is 689 g/mol. The number of fused-ring (bicyclic) bond motifs is 6. The summed E-state index contributed by atoms with van der Waals surface area (Å²) >= 11 is 0. The second-order valence-electron chi connectivity index (χ2n) is 14.4. The average molecular weight is 727 g/mol. The lowest BCUT2D eigenvalue weighted by molar-refractivity contribution is 0.415. The van der Waals surface area contributed by atoms with Crippen LogP contribution in [-0.2, 0) is 0 Å². The first-order valence-corrected chi connectivity index (χ1v) is 18.8. The van der Waals surface area contributed by atoms with E-state index < -0.39 is 0 Å². The van der Waals surface area contributed by atoms with Gasteiger partial charge in [-0.15, -0.1) is 0 Å². The highest BCUT2D eigenvalue weighted by Crippen LogP contribution is 2.44. The lowest BCUT2D eigenvalue weighted by atomic mass is 9.90. The van der Waals surface area contributed by atoms with Crippen LogP contribution in [0.4, 0.5) is 0 Å². The molecule has 6 aromatic carbocycles. The van der Waals surface area contributed by atoms with Crippen LogP contribution in [0.25, 0.3) is 88.4 Å². The molecule has 4 heterocycles. The molecule has 0 aliphatic rings. The minimum atomic E-state index is 0.805. The molecule has 0 fully saturated rings. The monoisotopic (exact) mass is 726 g/mol. The van der Waals surface area contributed by atoms with Crippen molar-refractivity contribution in [2.24, 2.45) is 0 Å². The Morgan fingerprint density at radius 2 is 0.786 bits per heavy atom. The Bertz CT molecular complexity index is 3030. The van der Waals surface area contributed by atoms with Gasteiger partial charge in [-0.2, -0.15) is 0 Å². The van der Waals surface area contributed by atoms with Gasteiger partial charge in [0.05, 0.1) is 47.7 Å². The van der Waals surface area contributed by atoms with Gasteiger partial charge < -0.3 is 18.6 Å². The predicted octanol–water partition coefficient (Wildman–Crippen LogP) is 12.3. The van der Waals surface area contributed by atoms with Gasteiger partial charge in [0.15, 0.2) is 0 Å². The third-order valence-corrected chi connectivity index (χ3v) is 11.1. The van der Waals surface area contributed by atoms with Crippen LogP contribution in [0.1, 0.15) is 11.1 Å². The van der Waals surface area contributed by atoms with E-state index in [9.17, 15) is 0 Å². The smallest absolute Gasteiger partial charge is 0.119 e. The molecule has 10 aromatic rings. The van der Waals surface area contributed by atoms with E-state index in [2.05, 4.69) is 144 Å². The summed E-state index contributed by atoms with van der Waals surface area (Å²) in [5.74, 6) is 1.61. The number of hydrogen-bond acceptors (Lipinski definition) is 4. The van der Waals surface area contributed by atoms with E-state index in [-0.39, 0.29) is 0 Å². The number of benzene rings is 6. The lowest BCUT2D eigenvalue weighted by Gasteiger charge is -2.19. The normalized spacial score (nSPS) is 11.6. The number of ether oxygens (including phenoxy) is 2. The van der Waals surface area contributed by atoms with Crippen LogP contribution < -0.4 is 9.47 Å². The molecule has 10 rings (SSSR count). The summed E-state index contributed by atoms with van der Waals surface area (Å²) in [5.41, 5.74) is 15.5. The molecule has 56 heavy (non-hydrogen) atoms. The summed E-state index contributed by atoms with van der Waals surface area (Å²) in [5, 5.41) is 4.68. The van der Waals surface area contributed by atoms with Gasteiger partial charge in [0.1, 0.15) is 11.5 Å². The van der Waals surface area contributed by atoms with Gasteiger partial charge in [-0.3, -0.25) is 9.97 Å². The predicted molar refractivity (Wildman–Crippen MR) is 230 cm³/mol. The van der Waals surface area contributed by atoms with Crippen molar-refractivity contribution >= 4 is 43.6 Å². The van der Waals surface area contributed by atoms with E-state index in [4.69, 9.17) is 19.4 Å². The van der Waals surface area contributed by atoms with E-state index in [1.165, 1.54) is 32.9 Å². The fraction of sp³-hybridized carbons (Fsp3) is 0.0800. The summed E-state index contributed by atoms with van der Waals surface area (Å²) < 4.78 is 16.1. The molecule has 0 N–H and O–H groups in total. The average Bonchev–Trinajstić information content (AvgIpc) is 3.74. The van der Waals surface area contributed by atoms with Crippen molar-refractivity contribution < 1.29 is 9.47 Å². The molecule has 0 bridgehead atoms. The first-order chi connectivity index (χ1) is 27.5. The summed E-state index contributed by atoms with van der Waals surface area (Å²) in [4.78, 5) is 9.43. The third kappa shape index (κ3) is 5.25. The van der Waals surface area contributed by atoms with Crippen molar-refractivity contribution in [3.05, 3.63) is 169 Å². The van der Waals surface area contributed by atoms with Crippen molar-refractivity contribution in [2.45, 2.75) is 13.8 Å². The number of rotatable bonds is 7. The second-order valence-corrected chi connectivity index (χ2v) is 14.4. The Balaban J connectivity index is 1.20. The van der Waals surface area contributed by atoms with Crippen molar-refractivity contribution in [2.75, 3.05) is 14.2 Å². The van der Waals surface area contributed by atoms with E-state index in [0.717, 1.165) is 78.1 Å². The fourth-order valence-corrected chi connectivity index (χ4v) is 8.49. The quantitative estimate of drug-likeness (QED) is 0.164. The molecular formula is C50H38N4O2. The van der Waals surface area contributed by atoms with Crippen LogP contribution in [0.3, 0.4) is 0 Å². The highest BCUT2D eigenvalue weighted by atomic mass is 16.5. The highest BCUT2D eigenvalue weighted by molar-refractivity contribution is 6.12. The van der Waals surface area contributed by atoms with Crippen LogP contribution in [0.2, 0.25) is 0 Å². The zero-order valence-electron chi connectivity index (χ0n) is 31.6. The van der Waals surface area contributed by atoms with Crippen LogP contribution in [0.15, 0.2) is 158 Å². The maximum Gasteiger partial charge on any atom is 0.119 e. The van der Waals surface area contributed by atoms with Crippen molar-refractivity contribution in [3.8, 4) is 56.3 Å². The van der Waals surface area contributed by atoms with Gasteiger partial charge in [0.2, 0.25) is 0 Å². The summed E-state index contributed by atoms with van der Waals surface area (Å²) in [6, 6.07) is 47.6. The fourth-order valence-electron chi connectivity index (χ4n) is 8.49. The molecule has 6 heteroatoms. The molecule has 4 aromatic heterocycles. The Morgan fingerprint density at radius 1 is 0.393 bits per heavy atom. The number of aryl methyl sites for hydroxylation is 2. The van der Waals surface area contributed by atoms with Gasteiger partial charge >= 0.3 is 0 Å². The zero-order chi connectivity index (χ0) is 37.9. The molecule has 0 aliphatic carbocycles. The summed E-state index contributed by atoms with van der Waals surface area (Å²) in [6.07, 6.45) is 7.72. The molecule has 6 nitrogen and oxygen atoms in total. The molecule has 0 amide bonds. The van der Waals surface area contributed by atoms with Crippen molar-refractivity contribution in [1.29, 1.82) is 0 Å². The second kappa shape index (κ2) is 13.3.